The molecule has 0 aromatic heterocycles. The fourth-order valence-electron chi connectivity index (χ4n) is 5.55. The molecule has 282 valence electrons. The molecule has 50 heavy (non-hydrogen) atoms. The molecular formula is C36H55NO13. The molecule has 1 saturated heterocycles. The number of hydrogen-bond donors (Lipinski definition) is 2. The molecule has 14 nitrogen and oxygen atoms in total. The molecule has 1 aromatic rings. The molecular weight excluding hydrogens is 654 g/mol. The molecule has 5 atom stereocenters. The first-order valence-electron chi connectivity index (χ1n) is 17.6. The van der Waals surface area contributed by atoms with E-state index in [2.05, 4.69) is 12.2 Å². The first-order chi connectivity index (χ1) is 23.9. The number of ether oxygens (including phenoxy) is 7. The van der Waals surface area contributed by atoms with E-state index >= 15 is 0 Å². The van der Waals surface area contributed by atoms with Gasteiger partial charge in [0, 0.05) is 39.8 Å². The van der Waals surface area contributed by atoms with Gasteiger partial charge in [0.15, 0.2) is 12.2 Å². The van der Waals surface area contributed by atoms with E-state index in [0.29, 0.717) is 12.1 Å². The molecule has 1 amide bonds. The number of esters is 4. The zero-order chi connectivity index (χ0) is 36.9. The third-order valence-electron chi connectivity index (χ3n) is 7.91. The van der Waals surface area contributed by atoms with Crippen molar-refractivity contribution in [3.63, 3.8) is 0 Å². The summed E-state index contributed by atoms with van der Waals surface area (Å²) in [7, 11) is 0. The van der Waals surface area contributed by atoms with E-state index in [4.69, 9.17) is 33.2 Å². The van der Waals surface area contributed by atoms with Gasteiger partial charge in [-0.05, 0) is 24.1 Å². The fraction of sp³-hybridized carbons (Fsp3) is 0.694. The standard InChI is InChI=1S/C36H55NO13/c1-6-7-8-9-10-11-12-13-14-15-16-19-37-36(43)45-22-28-17-18-30(29(20-28)21-38)49-35-34(48-27(5)42)33(47-26(4)41)32(46-25(3)40)31(50-35)23-44-24(2)39/h17-18,20,31-35,38H,6-16,19,21-23H2,1-5H3,(H,37,43)/t31?,32-,33?,34?,35+/m0/s1. The Bertz CT molecular complexity index is 1220. The lowest BCUT2D eigenvalue weighted by Gasteiger charge is -2.44. The highest BCUT2D eigenvalue weighted by molar-refractivity contribution is 5.69. The summed E-state index contributed by atoms with van der Waals surface area (Å²) in [5.41, 5.74) is 0.841. The van der Waals surface area contributed by atoms with Crippen LogP contribution in [0.5, 0.6) is 5.75 Å². The van der Waals surface area contributed by atoms with Gasteiger partial charge in [-0.15, -0.1) is 0 Å². The second kappa shape index (κ2) is 23.5. The maximum absolute atomic E-state index is 12.3. The van der Waals surface area contributed by atoms with Crippen LogP contribution in [0.1, 0.15) is 116 Å². The van der Waals surface area contributed by atoms with E-state index in [9.17, 15) is 29.1 Å². The maximum atomic E-state index is 12.3. The number of hydrogen-bond acceptors (Lipinski definition) is 13. The first kappa shape index (κ1) is 42.3. The molecule has 2 N–H and O–H groups in total. The number of aliphatic hydroxyl groups is 1. The van der Waals surface area contributed by atoms with E-state index in [1.54, 1.807) is 12.1 Å². The van der Waals surface area contributed by atoms with E-state index in [-0.39, 0.29) is 17.9 Å². The van der Waals surface area contributed by atoms with Gasteiger partial charge in [0.05, 0.1) is 6.61 Å². The number of rotatable bonds is 22. The highest BCUT2D eigenvalue weighted by atomic mass is 16.7. The van der Waals surface area contributed by atoms with Crippen LogP contribution in [0.2, 0.25) is 0 Å². The Morgan fingerprint density at radius 2 is 1.28 bits per heavy atom. The quantitative estimate of drug-likeness (QED) is 0.0914. The van der Waals surface area contributed by atoms with Crippen LogP contribution < -0.4 is 10.1 Å². The molecule has 0 aliphatic carbocycles. The normalized spacial score (nSPS) is 19.9. The van der Waals surface area contributed by atoms with Crippen molar-refractivity contribution in [3.05, 3.63) is 29.3 Å². The number of unbranched alkanes of at least 4 members (excludes halogenated alkanes) is 10. The number of alkyl carbamates (subject to hydrolysis) is 1. The molecule has 2 rings (SSSR count). The van der Waals surface area contributed by atoms with Crippen LogP contribution in [-0.4, -0.2) is 78.9 Å². The minimum Gasteiger partial charge on any atom is -0.463 e. The third kappa shape index (κ3) is 16.2. The second-order valence-corrected chi connectivity index (χ2v) is 12.3. The monoisotopic (exact) mass is 709 g/mol. The van der Waals surface area contributed by atoms with Crippen molar-refractivity contribution in [2.45, 2.75) is 149 Å². The van der Waals surface area contributed by atoms with Crippen molar-refractivity contribution >= 4 is 30.0 Å². The van der Waals surface area contributed by atoms with E-state index in [0.717, 1.165) is 40.0 Å². The molecule has 0 spiro atoms. The Hall–Kier alpha value is -3.91. The molecule has 1 aromatic carbocycles. The average Bonchev–Trinajstić information content (AvgIpc) is 3.05. The molecule has 0 radical (unpaired) electrons. The zero-order valence-corrected chi connectivity index (χ0v) is 30.1. The third-order valence-corrected chi connectivity index (χ3v) is 7.91. The van der Waals surface area contributed by atoms with E-state index in [1.807, 2.05) is 0 Å². The van der Waals surface area contributed by atoms with Crippen molar-refractivity contribution in [2.75, 3.05) is 13.2 Å². The number of benzene rings is 1. The van der Waals surface area contributed by atoms with Crippen LogP contribution in [0.15, 0.2) is 18.2 Å². The van der Waals surface area contributed by atoms with Crippen LogP contribution in [0.3, 0.4) is 0 Å². The predicted molar refractivity (Wildman–Crippen MR) is 180 cm³/mol. The van der Waals surface area contributed by atoms with Gasteiger partial charge >= 0.3 is 30.0 Å². The Morgan fingerprint density at radius 3 is 1.84 bits per heavy atom. The van der Waals surface area contributed by atoms with E-state index < -0.39 is 73.9 Å². The molecule has 1 heterocycles. The Kier molecular flexibility index (Phi) is 19.8. The van der Waals surface area contributed by atoms with Crippen LogP contribution in [-0.2, 0) is 60.8 Å². The summed E-state index contributed by atoms with van der Waals surface area (Å²) in [5, 5.41) is 12.9. The lowest BCUT2D eigenvalue weighted by Crippen LogP contribution is -2.63. The first-order valence-corrected chi connectivity index (χ1v) is 17.6. The molecule has 0 bridgehead atoms. The lowest BCUT2D eigenvalue weighted by atomic mass is 9.98. The Morgan fingerprint density at radius 1 is 0.720 bits per heavy atom. The number of carbonyl (C=O) groups excluding carboxylic acids is 5. The van der Waals surface area contributed by atoms with Crippen LogP contribution in [0.4, 0.5) is 4.79 Å². The molecule has 14 heteroatoms. The summed E-state index contributed by atoms with van der Waals surface area (Å²) in [5.74, 6) is -2.85. The SMILES string of the molecule is CCCCCCCCCCCCCNC(=O)OCc1ccc(O[C@@H]2OC(COC(C)=O)[C@H](OC(C)=O)C(OC(C)=O)C2OC(C)=O)c(CO)c1. The second-order valence-electron chi connectivity index (χ2n) is 12.3. The van der Waals surface area contributed by atoms with Gasteiger partial charge < -0.3 is 43.6 Å². The van der Waals surface area contributed by atoms with Gasteiger partial charge in [0.25, 0.3) is 0 Å². The van der Waals surface area contributed by atoms with Crippen molar-refractivity contribution < 1.29 is 62.2 Å². The summed E-state index contributed by atoms with van der Waals surface area (Å²) in [6, 6.07) is 4.68. The lowest BCUT2D eigenvalue weighted by molar-refractivity contribution is -0.288. The molecule has 1 aliphatic rings. The van der Waals surface area contributed by atoms with Crippen molar-refractivity contribution in [2.24, 2.45) is 0 Å². The predicted octanol–water partition coefficient (Wildman–Crippen LogP) is 5.18. The van der Waals surface area contributed by atoms with Crippen molar-refractivity contribution in [1.82, 2.24) is 5.32 Å². The number of amides is 1. The summed E-state index contributed by atoms with van der Waals surface area (Å²) in [4.78, 5) is 60.0. The smallest absolute Gasteiger partial charge is 0.407 e. The highest BCUT2D eigenvalue weighted by Gasteiger charge is 2.53. The minimum absolute atomic E-state index is 0.0730. The summed E-state index contributed by atoms with van der Waals surface area (Å²) < 4.78 is 38.7. The van der Waals surface area contributed by atoms with Gasteiger partial charge in [-0.2, -0.15) is 0 Å². The van der Waals surface area contributed by atoms with Gasteiger partial charge in [0.1, 0.15) is 25.1 Å². The number of aliphatic hydroxyl groups excluding tert-OH is 1. The summed E-state index contributed by atoms with van der Waals surface area (Å²) in [6.45, 7) is 6.30. The van der Waals surface area contributed by atoms with Gasteiger partial charge in [-0.1, -0.05) is 77.2 Å². The maximum Gasteiger partial charge on any atom is 0.407 e. The van der Waals surface area contributed by atoms with Gasteiger partial charge in [0.2, 0.25) is 12.4 Å². The van der Waals surface area contributed by atoms with Crippen LogP contribution in [0.25, 0.3) is 0 Å². The summed E-state index contributed by atoms with van der Waals surface area (Å²) in [6.07, 6.45) is 5.95. The van der Waals surface area contributed by atoms with Gasteiger partial charge in [-0.25, -0.2) is 4.79 Å². The number of carbonyl (C=O) groups is 5. The zero-order valence-electron chi connectivity index (χ0n) is 30.1. The molecule has 1 aliphatic heterocycles. The topological polar surface area (TPSA) is 182 Å². The largest absolute Gasteiger partial charge is 0.463 e. The highest BCUT2D eigenvalue weighted by Crippen LogP contribution is 2.32. The van der Waals surface area contributed by atoms with E-state index in [1.165, 1.54) is 64.4 Å². The molecule has 1 fully saturated rings. The average molecular weight is 710 g/mol. The number of nitrogens with one attached hydrogen (secondary N) is 1. The minimum atomic E-state index is -1.47. The van der Waals surface area contributed by atoms with Crippen LogP contribution in [0, 0.1) is 0 Å². The Labute approximate surface area is 294 Å². The van der Waals surface area contributed by atoms with Crippen molar-refractivity contribution in [3.8, 4) is 5.75 Å². The van der Waals surface area contributed by atoms with Crippen LogP contribution >= 0.6 is 0 Å². The fourth-order valence-corrected chi connectivity index (χ4v) is 5.55. The molecule has 3 unspecified atom stereocenters. The molecule has 0 saturated carbocycles. The van der Waals surface area contributed by atoms with Gasteiger partial charge in [-0.3, -0.25) is 19.2 Å². The Balaban J connectivity index is 2.00. The summed E-state index contributed by atoms with van der Waals surface area (Å²) >= 11 is 0. The van der Waals surface area contributed by atoms with Crippen molar-refractivity contribution in [1.29, 1.82) is 0 Å².